The number of methoxy groups -OCH3 is 1. The first-order chi connectivity index (χ1) is 14.1. The first-order valence-corrected chi connectivity index (χ1v) is 12.2. The van der Waals surface area contributed by atoms with Gasteiger partial charge in [-0.15, -0.1) is 23.5 Å². The monoisotopic (exact) mass is 442 g/mol. The van der Waals surface area contributed by atoms with Crippen LogP contribution in [0.1, 0.15) is 27.0 Å². The molecule has 0 amide bonds. The number of ether oxygens (including phenoxy) is 1. The lowest BCUT2D eigenvalue weighted by Gasteiger charge is -2.13. The van der Waals surface area contributed by atoms with Gasteiger partial charge >= 0.3 is 5.97 Å². The van der Waals surface area contributed by atoms with Gasteiger partial charge in [0.1, 0.15) is 15.6 Å². The van der Waals surface area contributed by atoms with Gasteiger partial charge in [0.2, 0.25) is 0 Å². The second kappa shape index (κ2) is 10.7. The molecule has 150 valence electrons. The molecule has 0 unspecified atom stereocenters. The van der Waals surface area contributed by atoms with E-state index in [1.807, 2.05) is 24.5 Å². The van der Waals surface area contributed by atoms with Crippen molar-refractivity contribution in [2.75, 3.05) is 13.4 Å². The van der Waals surface area contributed by atoms with Gasteiger partial charge in [-0.1, -0.05) is 71.9 Å². The van der Waals surface area contributed by atoms with Crippen molar-refractivity contribution in [3.63, 3.8) is 0 Å². The predicted octanol–water partition coefficient (Wildman–Crippen LogP) is 5.88. The summed E-state index contributed by atoms with van der Waals surface area (Å²) in [6.45, 7) is 2.07. The number of nitrogens with zero attached hydrogens (tertiary/aromatic N) is 2. The van der Waals surface area contributed by atoms with Crippen LogP contribution in [-0.4, -0.2) is 29.3 Å². The second-order valence-electron chi connectivity index (χ2n) is 6.24. The van der Waals surface area contributed by atoms with Crippen LogP contribution in [0.25, 0.3) is 0 Å². The van der Waals surface area contributed by atoms with E-state index in [1.54, 1.807) is 0 Å². The standard InChI is InChI=1S/C22H22N2O2S3/c1-15-9-11-17(12-10-15)14-29-20-18(21(25)26-2)19(23-22(24-20)27-3)28-13-16-7-5-4-6-8-16/h4-12H,13-14H2,1-3H3. The molecular weight excluding hydrogens is 420 g/mol. The Morgan fingerprint density at radius 2 is 1.45 bits per heavy atom. The molecule has 0 aliphatic carbocycles. The van der Waals surface area contributed by atoms with Gasteiger partial charge in [0.05, 0.1) is 7.11 Å². The zero-order valence-electron chi connectivity index (χ0n) is 16.5. The van der Waals surface area contributed by atoms with Crippen molar-refractivity contribution < 1.29 is 9.53 Å². The van der Waals surface area contributed by atoms with Crippen molar-refractivity contribution in [2.45, 2.75) is 33.6 Å². The highest BCUT2D eigenvalue weighted by Crippen LogP contribution is 2.34. The van der Waals surface area contributed by atoms with Crippen LogP contribution in [0, 0.1) is 6.92 Å². The van der Waals surface area contributed by atoms with Crippen molar-refractivity contribution in [3.05, 3.63) is 76.9 Å². The Morgan fingerprint density at radius 3 is 1.97 bits per heavy atom. The lowest BCUT2D eigenvalue weighted by Crippen LogP contribution is -2.10. The predicted molar refractivity (Wildman–Crippen MR) is 122 cm³/mol. The number of carbonyl (C=O) groups is 1. The van der Waals surface area contributed by atoms with Gasteiger partial charge in [-0.25, -0.2) is 14.8 Å². The fourth-order valence-corrected chi connectivity index (χ4v) is 5.03. The number of aromatic nitrogens is 2. The maximum absolute atomic E-state index is 12.6. The minimum absolute atomic E-state index is 0.403. The van der Waals surface area contributed by atoms with Gasteiger partial charge in [-0.05, 0) is 24.3 Å². The van der Waals surface area contributed by atoms with E-state index in [0.717, 1.165) is 11.5 Å². The lowest BCUT2D eigenvalue weighted by atomic mass is 10.2. The Kier molecular flexibility index (Phi) is 8.03. The van der Waals surface area contributed by atoms with Crippen molar-refractivity contribution in [2.24, 2.45) is 0 Å². The molecule has 1 aromatic heterocycles. The van der Waals surface area contributed by atoms with E-state index in [-0.39, 0.29) is 0 Å². The summed E-state index contributed by atoms with van der Waals surface area (Å²) in [5, 5.41) is 1.97. The molecule has 0 fully saturated rings. The molecule has 0 saturated carbocycles. The molecule has 0 radical (unpaired) electrons. The smallest absolute Gasteiger partial charge is 0.343 e. The van der Waals surface area contributed by atoms with E-state index in [0.29, 0.717) is 20.8 Å². The highest BCUT2D eigenvalue weighted by atomic mass is 32.2. The SMILES string of the molecule is COC(=O)c1c(SCc2ccccc2)nc(SC)nc1SCc1ccc(C)cc1. The molecule has 1 heterocycles. The van der Waals surface area contributed by atoms with Crippen molar-refractivity contribution in [3.8, 4) is 0 Å². The highest BCUT2D eigenvalue weighted by Gasteiger charge is 2.22. The first kappa shape index (κ1) is 21.7. The molecule has 7 heteroatoms. The third-order valence-corrected chi connectivity index (χ3v) is 6.75. The molecule has 3 rings (SSSR count). The Morgan fingerprint density at radius 1 is 0.897 bits per heavy atom. The minimum atomic E-state index is -0.403. The number of benzene rings is 2. The number of hydrogen-bond acceptors (Lipinski definition) is 7. The molecule has 0 spiro atoms. The third-order valence-electron chi connectivity index (χ3n) is 4.11. The number of thioether (sulfide) groups is 3. The Hall–Kier alpha value is -1.96. The van der Waals surface area contributed by atoms with Crippen LogP contribution in [0.3, 0.4) is 0 Å². The summed E-state index contributed by atoms with van der Waals surface area (Å²) in [6.07, 6.45) is 1.94. The minimum Gasteiger partial charge on any atom is -0.465 e. The van der Waals surface area contributed by atoms with Crippen LogP contribution >= 0.6 is 35.3 Å². The summed E-state index contributed by atoms with van der Waals surface area (Å²) in [5.41, 5.74) is 4.02. The van der Waals surface area contributed by atoms with Crippen molar-refractivity contribution in [1.82, 2.24) is 9.97 Å². The molecule has 3 aromatic rings. The highest BCUT2D eigenvalue weighted by molar-refractivity contribution is 7.99. The van der Waals surface area contributed by atoms with Crippen LogP contribution in [0.15, 0.2) is 69.8 Å². The third kappa shape index (κ3) is 6.01. The molecule has 29 heavy (non-hydrogen) atoms. The van der Waals surface area contributed by atoms with E-state index in [1.165, 1.54) is 59.1 Å². The molecule has 4 nitrogen and oxygen atoms in total. The van der Waals surface area contributed by atoms with E-state index in [2.05, 4.69) is 53.3 Å². The molecule has 0 N–H and O–H groups in total. The van der Waals surface area contributed by atoms with Gasteiger partial charge < -0.3 is 4.74 Å². The number of hydrogen-bond donors (Lipinski definition) is 0. The van der Waals surface area contributed by atoms with Gasteiger partial charge in [0.25, 0.3) is 0 Å². The molecule has 0 saturated heterocycles. The Labute approximate surface area is 184 Å². The zero-order chi connectivity index (χ0) is 20.6. The molecular formula is C22H22N2O2S3. The topological polar surface area (TPSA) is 52.1 Å². The number of esters is 1. The average Bonchev–Trinajstić information content (AvgIpc) is 2.77. The van der Waals surface area contributed by atoms with Crippen LogP contribution in [0.2, 0.25) is 0 Å². The number of rotatable bonds is 8. The average molecular weight is 443 g/mol. The molecule has 0 aliphatic rings. The molecule has 0 atom stereocenters. The maximum Gasteiger partial charge on any atom is 0.343 e. The summed E-state index contributed by atoms with van der Waals surface area (Å²) >= 11 is 4.54. The molecule has 2 aromatic carbocycles. The summed E-state index contributed by atoms with van der Waals surface area (Å²) in [4.78, 5) is 21.8. The Balaban J connectivity index is 1.90. The van der Waals surface area contributed by atoms with E-state index in [9.17, 15) is 4.79 Å². The van der Waals surface area contributed by atoms with Gasteiger partial charge in [0.15, 0.2) is 5.16 Å². The van der Waals surface area contributed by atoms with E-state index < -0.39 is 5.97 Å². The summed E-state index contributed by atoms with van der Waals surface area (Å²) < 4.78 is 5.06. The largest absolute Gasteiger partial charge is 0.465 e. The van der Waals surface area contributed by atoms with Crippen LogP contribution in [0.5, 0.6) is 0 Å². The van der Waals surface area contributed by atoms with Crippen LogP contribution in [0.4, 0.5) is 0 Å². The van der Waals surface area contributed by atoms with Gasteiger partial charge in [0, 0.05) is 11.5 Å². The van der Waals surface area contributed by atoms with Gasteiger partial charge in [-0.2, -0.15) is 0 Å². The summed E-state index contributed by atoms with van der Waals surface area (Å²) in [6, 6.07) is 18.5. The fraction of sp³-hybridized carbons (Fsp3) is 0.227. The number of carbonyl (C=O) groups excluding carboxylic acids is 1. The zero-order valence-corrected chi connectivity index (χ0v) is 19.0. The normalized spacial score (nSPS) is 10.7. The van der Waals surface area contributed by atoms with Crippen LogP contribution in [-0.2, 0) is 16.2 Å². The first-order valence-electron chi connectivity index (χ1n) is 9.00. The fourth-order valence-electron chi connectivity index (χ4n) is 2.54. The Bertz CT molecular complexity index is 964. The molecule has 0 aliphatic heterocycles. The van der Waals surface area contributed by atoms with Gasteiger partial charge in [-0.3, -0.25) is 0 Å². The van der Waals surface area contributed by atoms with Crippen molar-refractivity contribution in [1.29, 1.82) is 0 Å². The van der Waals surface area contributed by atoms with Crippen molar-refractivity contribution >= 4 is 41.3 Å². The maximum atomic E-state index is 12.6. The van der Waals surface area contributed by atoms with E-state index in [4.69, 9.17) is 4.74 Å². The second-order valence-corrected chi connectivity index (χ2v) is 8.94. The quantitative estimate of drug-likeness (QED) is 0.187. The lowest BCUT2D eigenvalue weighted by molar-refractivity contribution is 0.0590. The summed E-state index contributed by atoms with van der Waals surface area (Å²) in [5.74, 6) is 1.04. The van der Waals surface area contributed by atoms with Crippen LogP contribution < -0.4 is 0 Å². The summed E-state index contributed by atoms with van der Waals surface area (Å²) in [7, 11) is 1.39. The number of aryl methyl sites for hydroxylation is 1. The molecule has 0 bridgehead atoms. The van der Waals surface area contributed by atoms with E-state index >= 15 is 0 Å².